The third-order valence-corrected chi connectivity index (χ3v) is 7.75. The second-order valence-corrected chi connectivity index (χ2v) is 11.0. The van der Waals surface area contributed by atoms with Crippen molar-refractivity contribution in [3.63, 3.8) is 0 Å². The number of amides is 2. The van der Waals surface area contributed by atoms with Gasteiger partial charge in [0.1, 0.15) is 6.04 Å². The smallest absolute Gasteiger partial charge is 0.338 e. The average Bonchev–Trinajstić information content (AvgIpc) is 3.12. The van der Waals surface area contributed by atoms with Gasteiger partial charge in [0.25, 0.3) is 0 Å². The van der Waals surface area contributed by atoms with Crippen molar-refractivity contribution >= 4 is 40.8 Å². The molecule has 0 unspecified atom stereocenters. The molecular formula is C39H35N3O6. The lowest BCUT2D eigenvalue weighted by atomic mass is 9.98. The Morgan fingerprint density at radius 1 is 0.750 bits per heavy atom. The molecule has 5 rings (SSSR count). The number of para-hydroxylation sites is 1. The van der Waals surface area contributed by atoms with Gasteiger partial charge in [-0.1, -0.05) is 78.9 Å². The molecule has 242 valence electrons. The van der Waals surface area contributed by atoms with E-state index in [0.717, 1.165) is 16.7 Å². The number of rotatable bonds is 12. The van der Waals surface area contributed by atoms with Crippen molar-refractivity contribution in [2.45, 2.75) is 19.4 Å². The van der Waals surface area contributed by atoms with Crippen LogP contribution in [0.25, 0.3) is 11.1 Å². The zero-order chi connectivity index (χ0) is 34.0. The molecule has 0 saturated carbocycles. The zero-order valence-corrected chi connectivity index (χ0v) is 26.6. The summed E-state index contributed by atoms with van der Waals surface area (Å²) in [5, 5.41) is 15.9. The van der Waals surface area contributed by atoms with E-state index in [-0.39, 0.29) is 24.8 Å². The average molecular weight is 642 g/mol. The van der Waals surface area contributed by atoms with E-state index in [1.54, 1.807) is 86.8 Å². The first-order valence-electron chi connectivity index (χ1n) is 15.4. The van der Waals surface area contributed by atoms with Crippen molar-refractivity contribution in [1.82, 2.24) is 0 Å². The second kappa shape index (κ2) is 15.4. The van der Waals surface area contributed by atoms with E-state index in [4.69, 9.17) is 4.74 Å². The summed E-state index contributed by atoms with van der Waals surface area (Å²) in [5.41, 5.74) is 5.53. The predicted octanol–water partition coefficient (Wildman–Crippen LogP) is 7.54. The maximum Gasteiger partial charge on any atom is 0.338 e. The number of nitrogens with zero attached hydrogens (tertiary/aromatic N) is 1. The molecule has 0 radical (unpaired) electrons. The van der Waals surface area contributed by atoms with Gasteiger partial charge in [0, 0.05) is 41.7 Å². The first-order chi connectivity index (χ1) is 23.2. The number of hydrogen-bond donors (Lipinski definition) is 3. The predicted molar refractivity (Wildman–Crippen MR) is 187 cm³/mol. The monoisotopic (exact) mass is 641 g/mol. The van der Waals surface area contributed by atoms with E-state index in [1.807, 2.05) is 54.6 Å². The highest BCUT2D eigenvalue weighted by molar-refractivity contribution is 6.12. The lowest BCUT2D eigenvalue weighted by Gasteiger charge is -2.19. The zero-order valence-electron chi connectivity index (χ0n) is 26.6. The van der Waals surface area contributed by atoms with Gasteiger partial charge in [-0.3, -0.25) is 9.69 Å². The van der Waals surface area contributed by atoms with Gasteiger partial charge in [-0.2, -0.15) is 0 Å². The van der Waals surface area contributed by atoms with Crippen LogP contribution in [0, 0.1) is 0 Å². The van der Waals surface area contributed by atoms with Crippen LogP contribution in [-0.2, 0) is 16.0 Å². The number of esters is 1. The largest absolute Gasteiger partial charge is 0.480 e. The van der Waals surface area contributed by atoms with Gasteiger partial charge in [0.2, 0.25) is 0 Å². The number of benzene rings is 5. The van der Waals surface area contributed by atoms with Crippen LogP contribution in [0.15, 0.2) is 127 Å². The highest BCUT2D eigenvalue weighted by Gasteiger charge is 2.21. The Hall–Kier alpha value is -6.22. The molecule has 0 aliphatic rings. The third kappa shape index (κ3) is 8.13. The molecule has 5 aromatic carbocycles. The van der Waals surface area contributed by atoms with Gasteiger partial charge in [-0.25, -0.2) is 14.4 Å². The standard InChI is InChI=1S/C39H35N3O6/c1-3-48-38(46)29-20-22-31(23-21-29)40-39(47)42(2)32-13-9-12-30(25-32)27-18-16-26(17-19-27)24-35(37(44)45)41-34-15-8-7-14-33(34)36(43)28-10-5-4-6-11-28/h4-23,25,35,41H,3,24H2,1-2H3,(H,40,47)(H,44,45)/t35-/m0/s1. The molecule has 0 aromatic heterocycles. The quantitative estimate of drug-likeness (QED) is 0.0950. The number of anilines is 3. The van der Waals surface area contributed by atoms with Crippen molar-refractivity contribution < 1.29 is 29.0 Å². The van der Waals surface area contributed by atoms with Gasteiger partial charge in [-0.15, -0.1) is 0 Å². The number of urea groups is 1. The second-order valence-electron chi connectivity index (χ2n) is 11.0. The highest BCUT2D eigenvalue weighted by atomic mass is 16.5. The summed E-state index contributed by atoms with van der Waals surface area (Å²) in [6.07, 6.45) is 0.188. The van der Waals surface area contributed by atoms with Crippen molar-refractivity contribution in [2.24, 2.45) is 0 Å². The molecule has 48 heavy (non-hydrogen) atoms. The van der Waals surface area contributed by atoms with Crippen molar-refractivity contribution in [3.8, 4) is 11.1 Å². The number of ether oxygens (including phenoxy) is 1. The van der Waals surface area contributed by atoms with Crippen LogP contribution in [0.5, 0.6) is 0 Å². The first-order valence-corrected chi connectivity index (χ1v) is 15.4. The van der Waals surface area contributed by atoms with E-state index >= 15 is 0 Å². The number of ketones is 1. The molecule has 0 heterocycles. The van der Waals surface area contributed by atoms with Crippen molar-refractivity contribution in [3.05, 3.63) is 150 Å². The third-order valence-electron chi connectivity index (χ3n) is 7.75. The number of carbonyl (C=O) groups is 4. The minimum atomic E-state index is -1.04. The lowest BCUT2D eigenvalue weighted by molar-refractivity contribution is -0.137. The number of carbonyl (C=O) groups excluding carboxylic acids is 3. The van der Waals surface area contributed by atoms with Gasteiger partial charge in [0.15, 0.2) is 5.78 Å². The molecule has 5 aromatic rings. The fourth-order valence-corrected chi connectivity index (χ4v) is 5.13. The molecule has 1 atom stereocenters. The van der Waals surface area contributed by atoms with Crippen molar-refractivity contribution in [1.29, 1.82) is 0 Å². The van der Waals surface area contributed by atoms with Crippen LogP contribution in [0.1, 0.15) is 38.8 Å². The van der Waals surface area contributed by atoms with Crippen LogP contribution in [0.4, 0.5) is 21.9 Å². The van der Waals surface area contributed by atoms with E-state index in [9.17, 15) is 24.3 Å². The molecule has 9 nitrogen and oxygen atoms in total. The Bertz CT molecular complexity index is 1910. The molecule has 0 spiro atoms. The highest BCUT2D eigenvalue weighted by Crippen LogP contribution is 2.26. The molecule has 0 aliphatic carbocycles. The molecule has 0 bridgehead atoms. The minimum absolute atomic E-state index is 0.188. The summed E-state index contributed by atoms with van der Waals surface area (Å²) >= 11 is 0. The number of nitrogens with one attached hydrogen (secondary N) is 2. The van der Waals surface area contributed by atoms with Crippen LogP contribution < -0.4 is 15.5 Å². The molecule has 0 saturated heterocycles. The molecule has 9 heteroatoms. The molecule has 2 amide bonds. The molecule has 3 N–H and O–H groups in total. The Balaban J connectivity index is 1.25. The Labute approximate surface area is 278 Å². The van der Waals surface area contributed by atoms with Gasteiger partial charge in [-0.05, 0) is 72.1 Å². The van der Waals surface area contributed by atoms with Crippen LogP contribution >= 0.6 is 0 Å². The number of carboxylic acid groups (broad SMARTS) is 1. The fourth-order valence-electron chi connectivity index (χ4n) is 5.13. The normalized spacial score (nSPS) is 11.2. The fraction of sp³-hybridized carbons (Fsp3) is 0.128. The van der Waals surface area contributed by atoms with E-state index in [0.29, 0.717) is 33.8 Å². The van der Waals surface area contributed by atoms with E-state index in [1.165, 1.54) is 4.90 Å². The molecule has 0 fully saturated rings. The summed E-state index contributed by atoms with van der Waals surface area (Å²) < 4.78 is 5.00. The first kappa shape index (κ1) is 33.2. The van der Waals surface area contributed by atoms with E-state index < -0.39 is 18.0 Å². The summed E-state index contributed by atoms with van der Waals surface area (Å²) in [6, 6.07) is 36.0. The van der Waals surface area contributed by atoms with E-state index in [2.05, 4.69) is 10.6 Å². The number of carboxylic acids is 1. The summed E-state index contributed by atoms with van der Waals surface area (Å²) in [6.45, 7) is 2.02. The Morgan fingerprint density at radius 2 is 1.44 bits per heavy atom. The maximum atomic E-state index is 13.2. The maximum absolute atomic E-state index is 13.2. The van der Waals surface area contributed by atoms with Gasteiger partial charge in [0.05, 0.1) is 12.2 Å². The van der Waals surface area contributed by atoms with Crippen LogP contribution in [-0.4, -0.2) is 48.6 Å². The minimum Gasteiger partial charge on any atom is -0.480 e. The molecular weight excluding hydrogens is 606 g/mol. The summed E-state index contributed by atoms with van der Waals surface area (Å²) in [7, 11) is 1.66. The number of aliphatic carboxylic acids is 1. The van der Waals surface area contributed by atoms with Crippen molar-refractivity contribution in [2.75, 3.05) is 29.2 Å². The van der Waals surface area contributed by atoms with Gasteiger partial charge >= 0.3 is 18.0 Å². The summed E-state index contributed by atoms with van der Waals surface area (Å²) in [5.74, 6) is -1.65. The van der Waals surface area contributed by atoms with Crippen LogP contribution in [0.2, 0.25) is 0 Å². The topological polar surface area (TPSA) is 125 Å². The van der Waals surface area contributed by atoms with Crippen LogP contribution in [0.3, 0.4) is 0 Å². The van der Waals surface area contributed by atoms with Gasteiger partial charge < -0.3 is 20.5 Å². The Morgan fingerprint density at radius 3 is 2.12 bits per heavy atom. The SMILES string of the molecule is CCOC(=O)c1ccc(NC(=O)N(C)c2cccc(-c3ccc(C[C@H](Nc4ccccc4C(=O)c4ccccc4)C(=O)O)cc3)c2)cc1. The molecule has 0 aliphatic heterocycles. The number of hydrogen-bond acceptors (Lipinski definition) is 6. The summed E-state index contributed by atoms with van der Waals surface area (Å²) in [4.78, 5) is 51.8. The Kier molecular flexibility index (Phi) is 10.6. The lowest BCUT2D eigenvalue weighted by Crippen LogP contribution is -2.32.